The summed E-state index contributed by atoms with van der Waals surface area (Å²) in [6, 6.07) is 4.89. The molecule has 0 saturated carbocycles. The number of aromatic nitrogens is 4. The summed E-state index contributed by atoms with van der Waals surface area (Å²) in [5, 5.41) is 4.07. The SMILES string of the molecule is Cc1nccn1CCCc1nc(C2Cc3ccc(F)cc32)no1. The fraction of sp³-hybridized carbons (Fsp3) is 0.353. The average molecular weight is 312 g/mol. The van der Waals surface area contributed by atoms with Gasteiger partial charge in [-0.25, -0.2) is 9.37 Å². The zero-order valence-corrected chi connectivity index (χ0v) is 12.9. The third-order valence-corrected chi connectivity index (χ3v) is 4.42. The zero-order valence-electron chi connectivity index (χ0n) is 12.9. The molecule has 0 bridgehead atoms. The third-order valence-electron chi connectivity index (χ3n) is 4.42. The van der Waals surface area contributed by atoms with Gasteiger partial charge >= 0.3 is 0 Å². The Kier molecular flexibility index (Phi) is 3.44. The number of hydrogen-bond donors (Lipinski definition) is 0. The molecule has 1 aromatic carbocycles. The molecule has 0 amide bonds. The van der Waals surface area contributed by atoms with Gasteiger partial charge in [0.05, 0.1) is 5.92 Å². The number of nitrogens with zero attached hydrogens (tertiary/aromatic N) is 4. The summed E-state index contributed by atoms with van der Waals surface area (Å²) in [6.45, 7) is 2.86. The fourth-order valence-electron chi connectivity index (χ4n) is 3.06. The van der Waals surface area contributed by atoms with Crippen LogP contribution in [0.1, 0.15) is 41.0 Å². The number of rotatable bonds is 5. The van der Waals surface area contributed by atoms with Gasteiger partial charge in [0.25, 0.3) is 0 Å². The van der Waals surface area contributed by atoms with Crippen LogP contribution in [0, 0.1) is 12.7 Å². The highest BCUT2D eigenvalue weighted by molar-refractivity contribution is 5.44. The summed E-state index contributed by atoms with van der Waals surface area (Å²) in [5.74, 6) is 2.16. The second-order valence-electron chi connectivity index (χ2n) is 5.92. The molecule has 0 N–H and O–H groups in total. The topological polar surface area (TPSA) is 56.7 Å². The third kappa shape index (κ3) is 2.65. The summed E-state index contributed by atoms with van der Waals surface area (Å²) >= 11 is 0. The van der Waals surface area contributed by atoms with Crippen LogP contribution in [-0.4, -0.2) is 19.7 Å². The lowest BCUT2D eigenvalue weighted by Gasteiger charge is -2.27. The number of imidazole rings is 1. The van der Waals surface area contributed by atoms with Gasteiger partial charge in [-0.2, -0.15) is 4.98 Å². The quantitative estimate of drug-likeness (QED) is 0.726. The molecule has 5 nitrogen and oxygen atoms in total. The normalized spacial score (nSPS) is 16.2. The summed E-state index contributed by atoms with van der Waals surface area (Å²) < 4.78 is 20.8. The first-order valence-corrected chi connectivity index (χ1v) is 7.79. The van der Waals surface area contributed by atoms with E-state index in [-0.39, 0.29) is 11.7 Å². The van der Waals surface area contributed by atoms with E-state index in [0.29, 0.717) is 11.7 Å². The molecule has 0 aliphatic heterocycles. The molecule has 6 heteroatoms. The van der Waals surface area contributed by atoms with Gasteiger partial charge in [-0.15, -0.1) is 0 Å². The highest BCUT2D eigenvalue weighted by atomic mass is 19.1. The fourth-order valence-corrected chi connectivity index (χ4v) is 3.06. The molecule has 1 atom stereocenters. The molecule has 0 spiro atoms. The second kappa shape index (κ2) is 5.61. The largest absolute Gasteiger partial charge is 0.339 e. The van der Waals surface area contributed by atoms with Gasteiger partial charge in [-0.05, 0) is 43.0 Å². The van der Waals surface area contributed by atoms with Gasteiger partial charge in [0, 0.05) is 25.4 Å². The summed E-state index contributed by atoms with van der Waals surface area (Å²) in [5.41, 5.74) is 2.14. The van der Waals surface area contributed by atoms with Gasteiger partial charge in [0.1, 0.15) is 11.6 Å². The molecule has 2 heterocycles. The minimum absolute atomic E-state index is 0.0640. The summed E-state index contributed by atoms with van der Waals surface area (Å²) in [4.78, 5) is 8.67. The van der Waals surface area contributed by atoms with E-state index in [2.05, 4.69) is 19.7 Å². The van der Waals surface area contributed by atoms with Crippen LogP contribution in [0.5, 0.6) is 0 Å². The van der Waals surface area contributed by atoms with Crippen molar-refractivity contribution in [2.45, 2.75) is 38.6 Å². The molecule has 2 aromatic heterocycles. The maximum Gasteiger partial charge on any atom is 0.226 e. The van der Waals surface area contributed by atoms with Crippen LogP contribution in [-0.2, 0) is 19.4 Å². The average Bonchev–Trinajstić information content (AvgIpc) is 3.13. The monoisotopic (exact) mass is 312 g/mol. The van der Waals surface area contributed by atoms with Crippen molar-refractivity contribution in [3.05, 3.63) is 65.1 Å². The Hall–Kier alpha value is -2.50. The number of aryl methyl sites for hydroxylation is 3. The van der Waals surface area contributed by atoms with Crippen molar-refractivity contribution < 1.29 is 8.91 Å². The predicted octanol–water partition coefficient (Wildman–Crippen LogP) is 3.03. The van der Waals surface area contributed by atoms with Crippen LogP contribution in [0.2, 0.25) is 0 Å². The van der Waals surface area contributed by atoms with E-state index in [0.717, 1.165) is 37.2 Å². The Morgan fingerprint density at radius 2 is 2.30 bits per heavy atom. The molecular weight excluding hydrogens is 295 g/mol. The Labute approximate surface area is 133 Å². The minimum atomic E-state index is -0.215. The van der Waals surface area contributed by atoms with Crippen LogP contribution in [0.25, 0.3) is 0 Å². The molecule has 1 aliphatic rings. The lowest BCUT2D eigenvalue weighted by molar-refractivity contribution is 0.364. The predicted molar refractivity (Wildman–Crippen MR) is 81.5 cm³/mol. The summed E-state index contributed by atoms with van der Waals surface area (Å²) in [7, 11) is 0. The van der Waals surface area contributed by atoms with Crippen molar-refractivity contribution in [3.63, 3.8) is 0 Å². The number of benzene rings is 1. The van der Waals surface area contributed by atoms with Crippen LogP contribution in [0.3, 0.4) is 0 Å². The molecule has 23 heavy (non-hydrogen) atoms. The van der Waals surface area contributed by atoms with E-state index in [1.807, 2.05) is 19.2 Å². The van der Waals surface area contributed by atoms with Crippen molar-refractivity contribution in [2.24, 2.45) is 0 Å². The van der Waals surface area contributed by atoms with Gasteiger partial charge in [-0.3, -0.25) is 0 Å². The van der Waals surface area contributed by atoms with E-state index in [9.17, 15) is 4.39 Å². The molecule has 1 unspecified atom stereocenters. The Bertz CT molecular complexity index is 839. The van der Waals surface area contributed by atoms with E-state index in [1.54, 1.807) is 12.3 Å². The molecule has 0 fully saturated rings. The zero-order chi connectivity index (χ0) is 15.8. The molecule has 0 radical (unpaired) electrons. The Morgan fingerprint density at radius 3 is 3.13 bits per heavy atom. The maximum absolute atomic E-state index is 13.3. The molecule has 118 valence electrons. The molecule has 1 aliphatic carbocycles. The van der Waals surface area contributed by atoms with Crippen molar-refractivity contribution >= 4 is 0 Å². The first-order valence-electron chi connectivity index (χ1n) is 7.79. The lowest BCUT2D eigenvalue weighted by Crippen LogP contribution is -2.19. The van der Waals surface area contributed by atoms with E-state index in [4.69, 9.17) is 4.52 Å². The van der Waals surface area contributed by atoms with Gasteiger partial charge in [0.15, 0.2) is 5.82 Å². The Morgan fingerprint density at radius 1 is 1.39 bits per heavy atom. The summed E-state index contributed by atoms with van der Waals surface area (Å²) in [6.07, 6.45) is 6.26. The van der Waals surface area contributed by atoms with Crippen molar-refractivity contribution in [3.8, 4) is 0 Å². The first-order chi connectivity index (χ1) is 11.2. The van der Waals surface area contributed by atoms with Crippen LogP contribution < -0.4 is 0 Å². The standard InChI is InChI=1S/C17H17FN4O/c1-11-19-6-8-22(11)7-2-3-16-20-17(21-23-16)15-9-12-4-5-13(18)10-14(12)15/h4-6,8,10,15H,2-3,7,9H2,1H3. The van der Waals surface area contributed by atoms with Gasteiger partial charge in [-0.1, -0.05) is 11.2 Å². The van der Waals surface area contributed by atoms with Crippen molar-refractivity contribution in [1.29, 1.82) is 0 Å². The first kappa shape index (κ1) is 14.1. The molecular formula is C17H17FN4O. The smallest absolute Gasteiger partial charge is 0.226 e. The highest BCUT2D eigenvalue weighted by Gasteiger charge is 2.31. The van der Waals surface area contributed by atoms with E-state index >= 15 is 0 Å². The molecule has 3 aromatic rings. The van der Waals surface area contributed by atoms with E-state index in [1.165, 1.54) is 11.6 Å². The minimum Gasteiger partial charge on any atom is -0.339 e. The van der Waals surface area contributed by atoms with Gasteiger partial charge < -0.3 is 9.09 Å². The van der Waals surface area contributed by atoms with Crippen molar-refractivity contribution in [1.82, 2.24) is 19.7 Å². The second-order valence-corrected chi connectivity index (χ2v) is 5.92. The van der Waals surface area contributed by atoms with Crippen molar-refractivity contribution in [2.75, 3.05) is 0 Å². The number of hydrogen-bond acceptors (Lipinski definition) is 4. The van der Waals surface area contributed by atoms with E-state index < -0.39 is 0 Å². The number of fused-ring (bicyclic) bond motifs is 1. The Balaban J connectivity index is 1.39. The number of halogens is 1. The van der Waals surface area contributed by atoms with Crippen LogP contribution in [0.4, 0.5) is 4.39 Å². The van der Waals surface area contributed by atoms with Crippen LogP contribution >= 0.6 is 0 Å². The van der Waals surface area contributed by atoms with Gasteiger partial charge in [0.2, 0.25) is 5.89 Å². The highest BCUT2D eigenvalue weighted by Crippen LogP contribution is 2.39. The van der Waals surface area contributed by atoms with Crippen LogP contribution in [0.15, 0.2) is 35.1 Å². The maximum atomic E-state index is 13.3. The molecule has 0 saturated heterocycles. The lowest BCUT2D eigenvalue weighted by atomic mass is 9.77. The molecule has 4 rings (SSSR count).